The molecule has 1 aromatic carbocycles. The van der Waals surface area contributed by atoms with Crippen LogP contribution >= 0.6 is 11.8 Å². The van der Waals surface area contributed by atoms with Gasteiger partial charge in [0.25, 0.3) is 0 Å². The molecular formula is C13H16FN3O2S. The van der Waals surface area contributed by atoms with Crippen molar-refractivity contribution in [2.45, 2.75) is 43.0 Å². The summed E-state index contributed by atoms with van der Waals surface area (Å²) < 4.78 is 14.8. The molecule has 0 aliphatic rings. The van der Waals surface area contributed by atoms with E-state index in [0.29, 0.717) is 22.2 Å². The molecule has 1 atom stereocenters. The lowest BCUT2D eigenvalue weighted by Crippen LogP contribution is -2.17. The van der Waals surface area contributed by atoms with Gasteiger partial charge in [0.15, 0.2) is 5.16 Å². The summed E-state index contributed by atoms with van der Waals surface area (Å²) in [5, 5.41) is 16.6. The average molecular weight is 297 g/mol. The van der Waals surface area contributed by atoms with Crippen LogP contribution in [0.1, 0.15) is 31.9 Å². The maximum Gasteiger partial charge on any atom is 0.343 e. The second-order valence-electron chi connectivity index (χ2n) is 4.42. The number of aliphatic hydroxyl groups excluding tert-OH is 1. The maximum atomic E-state index is 13.3. The van der Waals surface area contributed by atoms with Crippen molar-refractivity contribution in [3.05, 3.63) is 40.1 Å². The van der Waals surface area contributed by atoms with Gasteiger partial charge in [0.2, 0.25) is 0 Å². The topological polar surface area (TPSA) is 70.9 Å². The number of hydrogen-bond acceptors (Lipinski definition) is 4. The molecule has 0 aliphatic heterocycles. The van der Waals surface area contributed by atoms with E-state index in [-0.39, 0.29) is 5.69 Å². The third kappa shape index (κ3) is 3.10. The molecule has 2 rings (SSSR count). The molecule has 0 radical (unpaired) electrons. The zero-order chi connectivity index (χ0) is 14.7. The van der Waals surface area contributed by atoms with E-state index in [4.69, 9.17) is 0 Å². The summed E-state index contributed by atoms with van der Waals surface area (Å²) >= 11 is 1.23. The molecular weight excluding hydrogens is 281 g/mol. The number of H-pyrrole nitrogens is 1. The van der Waals surface area contributed by atoms with Crippen molar-refractivity contribution >= 4 is 11.8 Å². The zero-order valence-electron chi connectivity index (χ0n) is 11.3. The van der Waals surface area contributed by atoms with Crippen molar-refractivity contribution in [3.8, 4) is 0 Å². The number of aromatic amines is 1. The van der Waals surface area contributed by atoms with Crippen molar-refractivity contribution < 1.29 is 9.50 Å². The molecule has 20 heavy (non-hydrogen) atoms. The molecule has 0 bridgehead atoms. The highest BCUT2D eigenvalue weighted by molar-refractivity contribution is 7.99. The smallest absolute Gasteiger partial charge is 0.343 e. The summed E-state index contributed by atoms with van der Waals surface area (Å²) in [6, 6.07) is 4.20. The average Bonchev–Trinajstić information content (AvgIpc) is 2.74. The summed E-state index contributed by atoms with van der Waals surface area (Å²) in [4.78, 5) is 12.3. The Morgan fingerprint density at radius 3 is 2.95 bits per heavy atom. The van der Waals surface area contributed by atoms with Crippen molar-refractivity contribution in [2.24, 2.45) is 0 Å². The third-order valence-corrected chi connectivity index (χ3v) is 3.88. The summed E-state index contributed by atoms with van der Waals surface area (Å²) in [7, 11) is 0. The van der Waals surface area contributed by atoms with E-state index < -0.39 is 11.9 Å². The Bertz CT molecular complexity index is 651. The van der Waals surface area contributed by atoms with Gasteiger partial charge in [-0.1, -0.05) is 6.92 Å². The van der Waals surface area contributed by atoms with Crippen molar-refractivity contribution in [2.75, 3.05) is 0 Å². The van der Waals surface area contributed by atoms with Crippen LogP contribution in [0.25, 0.3) is 0 Å². The molecule has 0 fully saturated rings. The fourth-order valence-corrected chi connectivity index (χ4v) is 2.89. The Morgan fingerprint density at radius 1 is 1.55 bits per heavy atom. The van der Waals surface area contributed by atoms with Crippen LogP contribution in [0.5, 0.6) is 0 Å². The highest BCUT2D eigenvalue weighted by Crippen LogP contribution is 2.32. The molecule has 0 aliphatic carbocycles. The first-order chi connectivity index (χ1) is 9.52. The van der Waals surface area contributed by atoms with Crippen LogP contribution in [0.3, 0.4) is 0 Å². The summed E-state index contributed by atoms with van der Waals surface area (Å²) in [5.74, 6) is -0.404. The second kappa shape index (κ2) is 6.23. The summed E-state index contributed by atoms with van der Waals surface area (Å²) in [6.45, 7) is 4.10. The Balaban J connectivity index is 2.37. The second-order valence-corrected chi connectivity index (χ2v) is 5.43. The Hall–Kier alpha value is -1.60. The molecule has 2 aromatic rings. The quantitative estimate of drug-likeness (QED) is 0.888. The Kier molecular flexibility index (Phi) is 4.61. The van der Waals surface area contributed by atoms with Crippen LogP contribution in [-0.4, -0.2) is 19.9 Å². The number of hydrogen-bond donors (Lipinski definition) is 2. The van der Waals surface area contributed by atoms with Gasteiger partial charge >= 0.3 is 5.69 Å². The molecule has 7 heteroatoms. The van der Waals surface area contributed by atoms with Gasteiger partial charge < -0.3 is 5.11 Å². The minimum Gasteiger partial charge on any atom is -0.389 e. The van der Waals surface area contributed by atoms with Crippen LogP contribution in [0, 0.1) is 5.82 Å². The number of rotatable bonds is 5. The van der Waals surface area contributed by atoms with Gasteiger partial charge in [-0.3, -0.25) is 4.57 Å². The molecule has 5 nitrogen and oxygen atoms in total. The predicted octanol–water partition coefficient (Wildman–Crippen LogP) is 2.32. The van der Waals surface area contributed by atoms with Crippen LogP contribution < -0.4 is 5.69 Å². The van der Waals surface area contributed by atoms with Crippen LogP contribution in [0.4, 0.5) is 4.39 Å². The number of aliphatic hydroxyl groups is 1. The highest BCUT2D eigenvalue weighted by Gasteiger charge is 2.15. The molecule has 0 saturated heterocycles. The predicted molar refractivity (Wildman–Crippen MR) is 74.3 cm³/mol. The van der Waals surface area contributed by atoms with E-state index in [9.17, 15) is 14.3 Å². The molecule has 108 valence electrons. The van der Waals surface area contributed by atoms with Gasteiger partial charge in [-0.15, -0.1) is 5.10 Å². The number of nitrogens with zero attached hydrogens (tertiary/aromatic N) is 2. The molecule has 2 N–H and O–H groups in total. The Labute approximate surface area is 119 Å². The van der Waals surface area contributed by atoms with E-state index in [1.807, 2.05) is 6.92 Å². The van der Waals surface area contributed by atoms with E-state index >= 15 is 0 Å². The lowest BCUT2D eigenvalue weighted by atomic mass is 10.1. The van der Waals surface area contributed by atoms with Gasteiger partial charge in [0, 0.05) is 11.4 Å². The Morgan fingerprint density at radius 2 is 2.30 bits per heavy atom. The van der Waals surface area contributed by atoms with Crippen molar-refractivity contribution in [1.82, 2.24) is 14.8 Å². The highest BCUT2D eigenvalue weighted by atomic mass is 32.2. The minimum absolute atomic E-state index is 0.268. The first-order valence-electron chi connectivity index (χ1n) is 6.33. The van der Waals surface area contributed by atoms with E-state index in [0.717, 1.165) is 6.42 Å². The van der Waals surface area contributed by atoms with Gasteiger partial charge in [-0.2, -0.15) is 0 Å². The summed E-state index contributed by atoms with van der Waals surface area (Å²) in [6.07, 6.45) is 0.0122. The standard InChI is InChI=1S/C13H16FN3O2S/c1-3-6-17-12(19)15-16-13(17)20-11-5-4-9(14)7-10(11)8(2)18/h4-5,7-8,18H,3,6H2,1-2H3,(H,15,19)/t8-/m0/s1. The van der Waals surface area contributed by atoms with Crippen LogP contribution in [0.2, 0.25) is 0 Å². The SMILES string of the molecule is CCCn1c(Sc2ccc(F)cc2[C@H](C)O)n[nH]c1=O. The van der Waals surface area contributed by atoms with E-state index in [2.05, 4.69) is 10.2 Å². The number of halogens is 1. The van der Waals surface area contributed by atoms with Gasteiger partial charge in [0.1, 0.15) is 5.82 Å². The number of aromatic nitrogens is 3. The molecule has 0 spiro atoms. The zero-order valence-corrected chi connectivity index (χ0v) is 12.1. The lowest BCUT2D eigenvalue weighted by molar-refractivity contribution is 0.196. The molecule has 1 heterocycles. The molecule has 1 aromatic heterocycles. The van der Waals surface area contributed by atoms with Crippen molar-refractivity contribution in [1.29, 1.82) is 0 Å². The van der Waals surface area contributed by atoms with Crippen LogP contribution in [-0.2, 0) is 6.54 Å². The number of benzene rings is 1. The number of nitrogens with one attached hydrogen (secondary N) is 1. The molecule has 0 saturated carbocycles. The van der Waals surface area contributed by atoms with E-state index in [1.54, 1.807) is 13.0 Å². The monoisotopic (exact) mass is 297 g/mol. The largest absolute Gasteiger partial charge is 0.389 e. The fraction of sp³-hybridized carbons (Fsp3) is 0.385. The molecule has 0 amide bonds. The van der Waals surface area contributed by atoms with Gasteiger partial charge in [0.05, 0.1) is 6.10 Å². The lowest BCUT2D eigenvalue weighted by Gasteiger charge is -2.11. The maximum absolute atomic E-state index is 13.3. The van der Waals surface area contributed by atoms with Crippen molar-refractivity contribution in [3.63, 3.8) is 0 Å². The van der Waals surface area contributed by atoms with Gasteiger partial charge in [-0.05, 0) is 48.9 Å². The normalized spacial score (nSPS) is 12.6. The van der Waals surface area contributed by atoms with Crippen LogP contribution in [0.15, 0.2) is 33.0 Å². The molecule has 0 unspecified atom stereocenters. The minimum atomic E-state index is -0.793. The summed E-state index contributed by atoms with van der Waals surface area (Å²) in [5.41, 5.74) is 0.212. The first-order valence-corrected chi connectivity index (χ1v) is 7.15. The van der Waals surface area contributed by atoms with Gasteiger partial charge in [-0.25, -0.2) is 14.3 Å². The fourth-order valence-electron chi connectivity index (χ4n) is 1.84. The van der Waals surface area contributed by atoms with E-state index in [1.165, 1.54) is 28.5 Å². The first kappa shape index (κ1) is 14.8. The third-order valence-electron chi connectivity index (χ3n) is 2.79.